The van der Waals surface area contributed by atoms with Gasteiger partial charge in [0.15, 0.2) is 0 Å². The summed E-state index contributed by atoms with van der Waals surface area (Å²) < 4.78 is 6.47. The number of nitro benzene ring substituents is 1. The summed E-state index contributed by atoms with van der Waals surface area (Å²) in [6.45, 7) is 1.70. The van der Waals surface area contributed by atoms with Gasteiger partial charge in [-0.25, -0.2) is 0 Å². The fourth-order valence-electron chi connectivity index (χ4n) is 1.94. The average molecular weight is 352 g/mol. The second-order valence-corrected chi connectivity index (χ2v) is 5.45. The molecule has 0 amide bonds. The summed E-state index contributed by atoms with van der Waals surface area (Å²) in [5.74, 6) is 0.498. The molecule has 0 aliphatic carbocycles. The summed E-state index contributed by atoms with van der Waals surface area (Å²) in [6, 6.07) is 11.7. The normalized spacial score (nSPS) is 12.0. The van der Waals surface area contributed by atoms with Crippen molar-refractivity contribution in [2.75, 3.05) is 0 Å². The smallest absolute Gasteiger partial charge is 0.276 e. The third kappa shape index (κ3) is 3.80. The van der Waals surface area contributed by atoms with Crippen molar-refractivity contribution in [1.82, 2.24) is 0 Å². The van der Waals surface area contributed by atoms with E-state index in [0.717, 1.165) is 4.47 Å². The van der Waals surface area contributed by atoms with E-state index < -0.39 is 11.0 Å². The van der Waals surface area contributed by atoms with Crippen LogP contribution in [0.25, 0.3) is 0 Å². The fourth-order valence-corrected chi connectivity index (χ4v) is 2.28. The molecule has 0 aromatic heterocycles. The van der Waals surface area contributed by atoms with Crippen LogP contribution in [0.2, 0.25) is 0 Å². The molecule has 0 saturated heterocycles. The van der Waals surface area contributed by atoms with Crippen molar-refractivity contribution in [1.29, 1.82) is 0 Å². The number of hydrogen-bond donors (Lipinski definition) is 1. The Balaban J connectivity index is 2.24. The maximum absolute atomic E-state index is 11.0. The van der Waals surface area contributed by atoms with Crippen LogP contribution in [0.3, 0.4) is 0 Å². The van der Waals surface area contributed by atoms with Crippen molar-refractivity contribution in [3.63, 3.8) is 0 Å². The molecule has 2 aromatic carbocycles. The van der Waals surface area contributed by atoms with Gasteiger partial charge in [0.1, 0.15) is 12.4 Å². The van der Waals surface area contributed by atoms with E-state index in [4.69, 9.17) is 4.74 Å². The van der Waals surface area contributed by atoms with E-state index in [0.29, 0.717) is 16.9 Å². The topological polar surface area (TPSA) is 72.6 Å². The third-order valence-corrected chi connectivity index (χ3v) is 3.49. The Kier molecular flexibility index (Phi) is 4.93. The number of ether oxygens (including phenoxy) is 1. The summed E-state index contributed by atoms with van der Waals surface area (Å²) in [6.07, 6.45) is -0.682. The maximum atomic E-state index is 11.0. The van der Waals surface area contributed by atoms with E-state index in [2.05, 4.69) is 15.9 Å². The number of aliphatic hydroxyl groups is 1. The van der Waals surface area contributed by atoms with Crippen molar-refractivity contribution >= 4 is 21.6 Å². The van der Waals surface area contributed by atoms with Crippen molar-refractivity contribution in [2.45, 2.75) is 19.6 Å². The molecule has 0 heterocycles. The quantitative estimate of drug-likeness (QED) is 0.652. The van der Waals surface area contributed by atoms with Gasteiger partial charge in [0, 0.05) is 16.1 Å². The van der Waals surface area contributed by atoms with Gasteiger partial charge in [-0.2, -0.15) is 0 Å². The number of nitro groups is 1. The Morgan fingerprint density at radius 1 is 1.33 bits per heavy atom. The number of hydrogen-bond acceptors (Lipinski definition) is 4. The van der Waals surface area contributed by atoms with Crippen molar-refractivity contribution in [3.05, 3.63) is 68.2 Å². The third-order valence-electron chi connectivity index (χ3n) is 3.00. The Morgan fingerprint density at radius 3 is 2.71 bits per heavy atom. The van der Waals surface area contributed by atoms with Gasteiger partial charge >= 0.3 is 0 Å². The number of aliphatic hydroxyl groups excluding tert-OH is 1. The molecule has 0 aliphatic rings. The highest BCUT2D eigenvalue weighted by Gasteiger charge is 2.15. The van der Waals surface area contributed by atoms with Gasteiger partial charge in [-0.05, 0) is 25.1 Å². The minimum absolute atomic E-state index is 0.0195. The number of benzene rings is 2. The van der Waals surface area contributed by atoms with Crippen LogP contribution in [0.15, 0.2) is 46.9 Å². The summed E-state index contributed by atoms with van der Waals surface area (Å²) in [5, 5.41) is 20.7. The molecule has 0 radical (unpaired) electrons. The molecule has 0 bridgehead atoms. The van der Waals surface area contributed by atoms with Crippen LogP contribution < -0.4 is 4.74 Å². The van der Waals surface area contributed by atoms with Crippen molar-refractivity contribution in [2.24, 2.45) is 0 Å². The van der Waals surface area contributed by atoms with Gasteiger partial charge in [-0.15, -0.1) is 0 Å². The summed E-state index contributed by atoms with van der Waals surface area (Å²) in [5.41, 5.74) is 1.14. The number of para-hydroxylation sites is 1. The molecule has 0 fully saturated rings. The first-order valence-corrected chi connectivity index (χ1v) is 7.11. The van der Waals surface area contributed by atoms with Crippen molar-refractivity contribution < 1.29 is 14.8 Å². The van der Waals surface area contributed by atoms with Crippen LogP contribution in [0.5, 0.6) is 5.75 Å². The van der Waals surface area contributed by atoms with E-state index in [1.165, 1.54) is 6.07 Å². The Bertz CT molecular complexity index is 658. The molecule has 2 rings (SSSR count). The predicted molar refractivity (Wildman–Crippen MR) is 82.2 cm³/mol. The van der Waals surface area contributed by atoms with Gasteiger partial charge in [0.2, 0.25) is 0 Å². The number of nitrogens with zero attached hydrogens (tertiary/aromatic N) is 1. The first-order valence-electron chi connectivity index (χ1n) is 6.31. The minimum Gasteiger partial charge on any atom is -0.488 e. The molecule has 6 heteroatoms. The van der Waals surface area contributed by atoms with Gasteiger partial charge in [-0.1, -0.05) is 34.1 Å². The zero-order valence-electron chi connectivity index (χ0n) is 11.3. The number of halogens is 1. The molecule has 21 heavy (non-hydrogen) atoms. The van der Waals surface area contributed by atoms with Gasteiger partial charge in [-0.3, -0.25) is 10.1 Å². The lowest BCUT2D eigenvalue weighted by atomic mass is 10.1. The summed E-state index contributed by atoms with van der Waals surface area (Å²) in [7, 11) is 0. The van der Waals surface area contributed by atoms with Gasteiger partial charge in [0.25, 0.3) is 5.69 Å². The largest absolute Gasteiger partial charge is 0.488 e. The highest BCUT2D eigenvalue weighted by molar-refractivity contribution is 9.10. The zero-order chi connectivity index (χ0) is 15.4. The minimum atomic E-state index is -0.682. The summed E-state index contributed by atoms with van der Waals surface area (Å²) in [4.78, 5) is 10.5. The second kappa shape index (κ2) is 6.69. The molecule has 110 valence electrons. The fraction of sp³-hybridized carbons (Fsp3) is 0.200. The van der Waals surface area contributed by atoms with Crippen LogP contribution >= 0.6 is 15.9 Å². The SMILES string of the molecule is C[C@H](O)c1ccc(Br)cc1OCc1ccccc1[N+](=O)[O-]. The Hall–Kier alpha value is -1.92. The molecular formula is C15H14BrNO4. The van der Waals surface area contributed by atoms with Crippen LogP contribution in [0, 0.1) is 10.1 Å². The van der Waals surface area contributed by atoms with Crippen LogP contribution in [-0.2, 0) is 6.61 Å². The molecule has 0 spiro atoms. The van der Waals surface area contributed by atoms with Crippen LogP contribution in [-0.4, -0.2) is 10.0 Å². The zero-order valence-corrected chi connectivity index (χ0v) is 12.9. The summed E-state index contributed by atoms with van der Waals surface area (Å²) >= 11 is 3.34. The maximum Gasteiger partial charge on any atom is 0.276 e. The lowest BCUT2D eigenvalue weighted by Gasteiger charge is -2.14. The first-order chi connectivity index (χ1) is 9.99. The number of rotatable bonds is 5. The molecule has 5 nitrogen and oxygen atoms in total. The predicted octanol–water partition coefficient (Wildman–Crippen LogP) is 3.99. The van der Waals surface area contributed by atoms with E-state index in [1.807, 2.05) is 0 Å². The molecule has 0 unspecified atom stereocenters. The molecule has 1 N–H and O–H groups in total. The second-order valence-electron chi connectivity index (χ2n) is 4.53. The Labute approximate surface area is 130 Å². The lowest BCUT2D eigenvalue weighted by Crippen LogP contribution is -2.03. The van der Waals surface area contributed by atoms with Gasteiger partial charge in [0.05, 0.1) is 16.6 Å². The van der Waals surface area contributed by atoms with E-state index in [9.17, 15) is 15.2 Å². The first kappa shape index (κ1) is 15.5. The molecule has 0 aliphatic heterocycles. The lowest BCUT2D eigenvalue weighted by molar-refractivity contribution is -0.385. The monoisotopic (exact) mass is 351 g/mol. The van der Waals surface area contributed by atoms with Crippen LogP contribution in [0.1, 0.15) is 24.2 Å². The Morgan fingerprint density at radius 2 is 2.05 bits per heavy atom. The molecule has 1 atom stereocenters. The molecular weight excluding hydrogens is 338 g/mol. The molecule has 2 aromatic rings. The van der Waals surface area contributed by atoms with E-state index in [-0.39, 0.29) is 12.3 Å². The van der Waals surface area contributed by atoms with Crippen LogP contribution in [0.4, 0.5) is 5.69 Å². The van der Waals surface area contributed by atoms with Gasteiger partial charge < -0.3 is 9.84 Å². The molecule has 0 saturated carbocycles. The van der Waals surface area contributed by atoms with Crippen molar-refractivity contribution in [3.8, 4) is 5.75 Å². The van der Waals surface area contributed by atoms with E-state index in [1.54, 1.807) is 43.3 Å². The standard InChI is InChI=1S/C15H14BrNO4/c1-10(18)13-7-6-12(16)8-15(13)21-9-11-4-2-3-5-14(11)17(19)20/h2-8,10,18H,9H2,1H3/t10-/m0/s1. The average Bonchev–Trinajstić information content (AvgIpc) is 2.45. The van der Waals surface area contributed by atoms with E-state index >= 15 is 0 Å². The highest BCUT2D eigenvalue weighted by Crippen LogP contribution is 2.30. The highest BCUT2D eigenvalue weighted by atomic mass is 79.9.